The molecule has 0 aliphatic heterocycles. The highest BCUT2D eigenvalue weighted by atomic mass is 32.2. The van der Waals surface area contributed by atoms with Crippen LogP contribution >= 0.6 is 11.3 Å². The SMILES string of the molecule is CC1(C)[C@@H]2C[C@H](CC=O)C(NC(=O)c3csc4ccc(OS(=O)c5ccccc5)cc34)[C@H]1C2. The minimum Gasteiger partial charge on any atom is -0.397 e. The Balaban J connectivity index is 1.38. The lowest BCUT2D eigenvalue weighted by Gasteiger charge is -2.62. The molecule has 3 saturated carbocycles. The van der Waals surface area contributed by atoms with Gasteiger partial charge in [0.2, 0.25) is 11.1 Å². The molecule has 2 aromatic carbocycles. The molecule has 5 atom stereocenters. The van der Waals surface area contributed by atoms with Crippen molar-refractivity contribution in [3.05, 3.63) is 59.5 Å². The van der Waals surface area contributed by atoms with Crippen LogP contribution in [0, 0.1) is 23.2 Å². The van der Waals surface area contributed by atoms with Crippen LogP contribution in [0.3, 0.4) is 0 Å². The maximum absolute atomic E-state index is 13.4. The molecule has 3 aliphatic carbocycles. The zero-order valence-corrected chi connectivity index (χ0v) is 20.3. The van der Waals surface area contributed by atoms with Gasteiger partial charge in [-0.2, -0.15) is 0 Å². The van der Waals surface area contributed by atoms with Crippen LogP contribution in [-0.2, 0) is 15.9 Å². The summed E-state index contributed by atoms with van der Waals surface area (Å²) in [4.78, 5) is 25.2. The molecule has 0 saturated heterocycles. The standard InChI is InChI=1S/C26H27NO4S2/c1-26(2)17-12-16(10-11-28)24(22(26)13-17)27-25(29)21-15-32-23-9-8-18(14-20(21)23)31-33(30)19-6-4-3-5-7-19/h3-9,11,14-17,22,24H,10,12-13H2,1-2H3,(H,27,29)/t16-,17+,22+,24?,33?/m0/s1. The molecule has 3 aliphatic rings. The average molecular weight is 482 g/mol. The number of fused-ring (bicyclic) bond motifs is 3. The number of amides is 1. The number of carbonyl (C=O) groups is 2. The maximum Gasteiger partial charge on any atom is 0.252 e. The first-order valence-corrected chi connectivity index (χ1v) is 13.2. The van der Waals surface area contributed by atoms with Crippen molar-refractivity contribution in [3.8, 4) is 5.75 Å². The van der Waals surface area contributed by atoms with E-state index >= 15 is 0 Å². The predicted octanol–water partition coefficient (Wildman–Crippen LogP) is 5.37. The summed E-state index contributed by atoms with van der Waals surface area (Å²) >= 11 is -0.132. The Kier molecular flexibility index (Phi) is 5.87. The maximum atomic E-state index is 13.4. The fourth-order valence-electron chi connectivity index (χ4n) is 5.62. The van der Waals surface area contributed by atoms with Gasteiger partial charge in [0.25, 0.3) is 5.91 Å². The third-order valence-electron chi connectivity index (χ3n) is 7.67. The van der Waals surface area contributed by atoms with E-state index in [1.54, 1.807) is 24.3 Å². The Morgan fingerprint density at radius 2 is 2.00 bits per heavy atom. The molecule has 1 amide bonds. The first-order valence-electron chi connectivity index (χ1n) is 11.3. The average Bonchev–Trinajstić information content (AvgIpc) is 3.24. The van der Waals surface area contributed by atoms with Crippen LogP contribution in [0.1, 0.15) is 43.5 Å². The van der Waals surface area contributed by atoms with E-state index in [2.05, 4.69) is 19.2 Å². The number of nitrogens with one attached hydrogen (secondary N) is 1. The molecule has 2 bridgehead atoms. The van der Waals surface area contributed by atoms with Crippen LogP contribution in [0.4, 0.5) is 0 Å². The predicted molar refractivity (Wildman–Crippen MR) is 131 cm³/mol. The summed E-state index contributed by atoms with van der Waals surface area (Å²) < 4.78 is 19.2. The van der Waals surface area contributed by atoms with Gasteiger partial charge in [-0.25, -0.2) is 4.21 Å². The fraction of sp³-hybridized carbons (Fsp3) is 0.385. The number of benzene rings is 2. The minimum absolute atomic E-state index is 0.00247. The second-order valence-corrected chi connectivity index (χ2v) is 11.7. The summed E-state index contributed by atoms with van der Waals surface area (Å²) in [6, 6.07) is 14.5. The topological polar surface area (TPSA) is 72.5 Å². The molecule has 3 fully saturated rings. The summed E-state index contributed by atoms with van der Waals surface area (Å²) in [7, 11) is 0. The van der Waals surface area contributed by atoms with Crippen molar-refractivity contribution in [1.82, 2.24) is 5.32 Å². The van der Waals surface area contributed by atoms with Gasteiger partial charge in [0.05, 0.1) is 10.5 Å². The first kappa shape index (κ1) is 22.3. The van der Waals surface area contributed by atoms with E-state index in [1.807, 2.05) is 29.6 Å². The summed E-state index contributed by atoms with van der Waals surface area (Å²) in [5, 5.41) is 5.94. The lowest BCUT2D eigenvalue weighted by Crippen LogP contribution is -2.63. The van der Waals surface area contributed by atoms with E-state index in [0.717, 1.165) is 29.2 Å². The second-order valence-electron chi connectivity index (χ2n) is 9.70. The Hall–Kier alpha value is -2.51. The van der Waals surface area contributed by atoms with E-state index in [9.17, 15) is 13.8 Å². The zero-order valence-electron chi connectivity index (χ0n) is 18.7. The number of rotatable bonds is 7. The van der Waals surface area contributed by atoms with Gasteiger partial charge >= 0.3 is 0 Å². The molecular formula is C26H27NO4S2. The molecule has 5 nitrogen and oxygen atoms in total. The summed E-state index contributed by atoms with van der Waals surface area (Å²) in [6.45, 7) is 4.55. The third-order valence-corrected chi connectivity index (χ3v) is 9.63. The molecule has 33 heavy (non-hydrogen) atoms. The molecule has 1 aromatic heterocycles. The molecule has 2 unspecified atom stereocenters. The van der Waals surface area contributed by atoms with Crippen LogP contribution in [0.5, 0.6) is 5.75 Å². The van der Waals surface area contributed by atoms with Gasteiger partial charge in [0.1, 0.15) is 12.0 Å². The zero-order chi connectivity index (χ0) is 23.2. The Labute approximate surface area is 200 Å². The summed E-state index contributed by atoms with van der Waals surface area (Å²) in [5.41, 5.74) is 0.784. The van der Waals surface area contributed by atoms with Crippen molar-refractivity contribution in [1.29, 1.82) is 0 Å². The second kappa shape index (κ2) is 8.69. The van der Waals surface area contributed by atoms with Crippen LogP contribution in [0.15, 0.2) is 58.8 Å². The molecule has 0 radical (unpaired) electrons. The van der Waals surface area contributed by atoms with Crippen molar-refractivity contribution in [2.75, 3.05) is 0 Å². The normalized spacial score (nSPS) is 26.2. The van der Waals surface area contributed by atoms with Crippen molar-refractivity contribution in [3.63, 3.8) is 0 Å². The van der Waals surface area contributed by atoms with Gasteiger partial charge in [-0.05, 0) is 66.3 Å². The molecular weight excluding hydrogens is 454 g/mol. The van der Waals surface area contributed by atoms with Crippen molar-refractivity contribution in [2.24, 2.45) is 23.2 Å². The number of aldehydes is 1. The molecule has 7 heteroatoms. The van der Waals surface area contributed by atoms with E-state index in [4.69, 9.17) is 4.18 Å². The van der Waals surface area contributed by atoms with Crippen LogP contribution in [-0.4, -0.2) is 22.4 Å². The van der Waals surface area contributed by atoms with Gasteiger partial charge in [-0.1, -0.05) is 32.0 Å². The van der Waals surface area contributed by atoms with Crippen molar-refractivity contribution in [2.45, 2.75) is 44.0 Å². The highest BCUT2D eigenvalue weighted by Crippen LogP contribution is 2.61. The molecule has 6 rings (SSSR count). The van der Waals surface area contributed by atoms with Gasteiger partial charge in [-0.15, -0.1) is 11.3 Å². The Morgan fingerprint density at radius 3 is 2.73 bits per heavy atom. The molecule has 1 N–H and O–H groups in total. The van der Waals surface area contributed by atoms with Crippen LogP contribution in [0.25, 0.3) is 10.1 Å². The fourth-order valence-corrected chi connectivity index (χ4v) is 7.30. The molecule has 172 valence electrons. The third kappa shape index (κ3) is 4.02. The number of hydrogen-bond donors (Lipinski definition) is 1. The quantitative estimate of drug-likeness (QED) is 0.460. The van der Waals surface area contributed by atoms with E-state index in [-0.39, 0.29) is 23.3 Å². The van der Waals surface area contributed by atoms with Gasteiger partial charge < -0.3 is 14.3 Å². The monoisotopic (exact) mass is 481 g/mol. The molecule has 1 heterocycles. The van der Waals surface area contributed by atoms with Crippen LogP contribution in [0.2, 0.25) is 0 Å². The first-order chi connectivity index (χ1) is 15.9. The highest BCUT2D eigenvalue weighted by Gasteiger charge is 2.57. The largest absolute Gasteiger partial charge is 0.397 e. The molecule has 0 spiro atoms. The van der Waals surface area contributed by atoms with E-state index < -0.39 is 11.1 Å². The highest BCUT2D eigenvalue weighted by molar-refractivity contribution is 7.80. The molecule has 3 aromatic rings. The van der Waals surface area contributed by atoms with Gasteiger partial charge in [-0.3, -0.25) is 4.79 Å². The van der Waals surface area contributed by atoms with Gasteiger partial charge in [0, 0.05) is 27.9 Å². The lowest BCUT2D eigenvalue weighted by molar-refractivity contribution is -0.123. The van der Waals surface area contributed by atoms with Crippen LogP contribution < -0.4 is 9.50 Å². The number of hydrogen-bond acceptors (Lipinski definition) is 5. The summed E-state index contributed by atoms with van der Waals surface area (Å²) in [6.07, 6.45) is 3.57. The van der Waals surface area contributed by atoms with Crippen molar-refractivity contribution >= 4 is 44.7 Å². The summed E-state index contributed by atoms with van der Waals surface area (Å²) in [5.74, 6) is 1.55. The lowest BCUT2D eigenvalue weighted by atomic mass is 9.44. The Morgan fingerprint density at radius 1 is 1.21 bits per heavy atom. The minimum atomic E-state index is -1.63. The smallest absolute Gasteiger partial charge is 0.252 e. The Bertz CT molecular complexity index is 1220. The number of thiophene rings is 1. The van der Waals surface area contributed by atoms with Crippen molar-refractivity contribution < 1.29 is 18.0 Å². The van der Waals surface area contributed by atoms with E-state index in [0.29, 0.717) is 34.5 Å². The number of carbonyl (C=O) groups excluding carboxylic acids is 2. The van der Waals surface area contributed by atoms with E-state index in [1.165, 1.54) is 11.3 Å². The van der Waals surface area contributed by atoms with Gasteiger partial charge in [0.15, 0.2) is 0 Å².